The van der Waals surface area contributed by atoms with E-state index >= 15 is 0 Å². The second-order valence-corrected chi connectivity index (χ2v) is 14.5. The van der Waals surface area contributed by atoms with Crippen molar-refractivity contribution < 1.29 is 52.5 Å². The summed E-state index contributed by atoms with van der Waals surface area (Å²) in [4.78, 5) is 78.5. The molecule has 12 atom stereocenters. The SMILES string of the molecule is CC(=O)O[C@@H]1[C@@H]2[C@@H]3[C@H]([C@H](C)[C@H](OC(C)=O)[C@@]2(OC(C)=O)C[C@H]1C)[C@H]1C(C)(C)[C@H](OC(=O)c2ccccc2)[C@@H](OC(C)=O)C(=O)[C@@]31C. The summed E-state index contributed by atoms with van der Waals surface area (Å²) < 4.78 is 29.9. The van der Waals surface area contributed by atoms with E-state index in [0.717, 1.165) is 0 Å². The fourth-order valence-corrected chi connectivity index (χ4v) is 10.3. The summed E-state index contributed by atoms with van der Waals surface area (Å²) in [5, 5.41) is 0. The minimum Gasteiger partial charge on any atom is -0.462 e. The molecule has 5 rings (SSSR count). The van der Waals surface area contributed by atoms with Gasteiger partial charge in [0.05, 0.1) is 5.56 Å². The number of ether oxygens (including phenoxy) is 5. The van der Waals surface area contributed by atoms with Crippen LogP contribution in [0.25, 0.3) is 0 Å². The van der Waals surface area contributed by atoms with Gasteiger partial charge in [0.1, 0.15) is 12.2 Å². The van der Waals surface area contributed by atoms with E-state index in [4.69, 9.17) is 23.7 Å². The third kappa shape index (κ3) is 4.92. The van der Waals surface area contributed by atoms with Crippen molar-refractivity contribution in [3.05, 3.63) is 35.9 Å². The molecule has 0 bridgehead atoms. The summed E-state index contributed by atoms with van der Waals surface area (Å²) in [6.07, 6.45) is -3.98. The molecular weight excluding hydrogens is 596 g/mol. The van der Waals surface area contributed by atoms with E-state index in [1.54, 1.807) is 30.3 Å². The van der Waals surface area contributed by atoms with Gasteiger partial charge >= 0.3 is 29.8 Å². The zero-order valence-electron chi connectivity index (χ0n) is 27.9. The van der Waals surface area contributed by atoms with Crippen LogP contribution in [0.4, 0.5) is 0 Å². The second-order valence-electron chi connectivity index (χ2n) is 14.5. The predicted octanol–water partition coefficient (Wildman–Crippen LogP) is 4.09. The normalized spacial score (nSPS) is 40.2. The smallest absolute Gasteiger partial charge is 0.338 e. The predicted molar refractivity (Wildman–Crippen MR) is 161 cm³/mol. The van der Waals surface area contributed by atoms with Crippen LogP contribution >= 0.6 is 0 Å². The van der Waals surface area contributed by atoms with E-state index in [1.807, 2.05) is 34.6 Å². The van der Waals surface area contributed by atoms with Crippen LogP contribution in [0.15, 0.2) is 30.3 Å². The average Bonchev–Trinajstić information content (AvgIpc) is 3.20. The Morgan fingerprint density at radius 2 is 1.33 bits per heavy atom. The molecule has 4 aliphatic rings. The van der Waals surface area contributed by atoms with Gasteiger partial charge in [0.25, 0.3) is 0 Å². The summed E-state index contributed by atoms with van der Waals surface area (Å²) in [7, 11) is 0. The van der Waals surface area contributed by atoms with Crippen molar-refractivity contribution in [3.8, 4) is 0 Å². The average molecular weight is 641 g/mol. The number of hydrogen-bond acceptors (Lipinski definition) is 11. The van der Waals surface area contributed by atoms with Crippen LogP contribution in [0.3, 0.4) is 0 Å². The van der Waals surface area contributed by atoms with Crippen LogP contribution in [0.1, 0.15) is 79.1 Å². The minimum atomic E-state index is -1.42. The van der Waals surface area contributed by atoms with Gasteiger partial charge in [-0.2, -0.15) is 0 Å². The molecule has 1 aromatic rings. The molecule has 0 aliphatic heterocycles. The molecule has 46 heavy (non-hydrogen) atoms. The Kier molecular flexibility index (Phi) is 8.39. The quantitative estimate of drug-likeness (QED) is 0.327. The van der Waals surface area contributed by atoms with Crippen LogP contribution in [0.2, 0.25) is 0 Å². The summed E-state index contributed by atoms with van der Waals surface area (Å²) >= 11 is 0. The molecule has 4 aliphatic carbocycles. The van der Waals surface area contributed by atoms with Crippen molar-refractivity contribution in [1.82, 2.24) is 0 Å². The summed E-state index contributed by atoms with van der Waals surface area (Å²) in [5.41, 5.74) is -3.23. The van der Waals surface area contributed by atoms with E-state index in [9.17, 15) is 28.8 Å². The van der Waals surface area contributed by atoms with Crippen LogP contribution in [0.5, 0.6) is 0 Å². The van der Waals surface area contributed by atoms with Crippen LogP contribution in [-0.2, 0) is 47.7 Å². The van der Waals surface area contributed by atoms with Gasteiger partial charge in [-0.15, -0.1) is 0 Å². The molecule has 0 spiro atoms. The topological polar surface area (TPSA) is 149 Å². The van der Waals surface area contributed by atoms with Gasteiger partial charge in [-0.3, -0.25) is 24.0 Å². The maximum atomic E-state index is 14.8. The minimum absolute atomic E-state index is 0.240. The second kappa shape index (κ2) is 11.5. The number of benzene rings is 1. The number of carbonyl (C=O) groups is 6. The lowest BCUT2D eigenvalue weighted by Gasteiger charge is -2.74. The first-order valence-electron chi connectivity index (χ1n) is 15.9. The van der Waals surface area contributed by atoms with Gasteiger partial charge in [0.2, 0.25) is 0 Å². The summed E-state index contributed by atoms with van der Waals surface area (Å²) in [5.74, 6) is -6.22. The maximum absolute atomic E-state index is 14.8. The summed E-state index contributed by atoms with van der Waals surface area (Å²) in [6, 6.07) is 8.35. The Hall–Kier alpha value is -3.76. The molecule has 250 valence electrons. The Balaban J connectivity index is 1.68. The molecule has 11 heteroatoms. The van der Waals surface area contributed by atoms with Gasteiger partial charge in [-0.25, -0.2) is 4.79 Å². The van der Waals surface area contributed by atoms with Crippen LogP contribution in [0, 0.1) is 46.3 Å². The first-order chi connectivity index (χ1) is 21.4. The molecule has 0 amide bonds. The first kappa shape index (κ1) is 33.6. The van der Waals surface area contributed by atoms with Gasteiger partial charge in [-0.05, 0) is 42.2 Å². The fourth-order valence-electron chi connectivity index (χ4n) is 10.3. The number of rotatable bonds is 6. The Bertz CT molecular complexity index is 1450. The van der Waals surface area contributed by atoms with E-state index in [1.165, 1.54) is 27.7 Å². The van der Waals surface area contributed by atoms with E-state index < -0.39 is 100 Å². The van der Waals surface area contributed by atoms with Crippen molar-refractivity contribution in [3.63, 3.8) is 0 Å². The third-order valence-electron chi connectivity index (χ3n) is 11.3. The van der Waals surface area contributed by atoms with Crippen molar-refractivity contribution in [2.45, 2.75) is 98.8 Å². The Morgan fingerprint density at radius 1 is 0.739 bits per heavy atom. The lowest BCUT2D eigenvalue weighted by Crippen LogP contribution is -2.81. The molecule has 0 heterocycles. The number of hydrogen-bond donors (Lipinski definition) is 0. The lowest BCUT2D eigenvalue weighted by molar-refractivity contribution is -0.320. The zero-order valence-corrected chi connectivity index (χ0v) is 27.9. The molecule has 0 radical (unpaired) electrons. The van der Waals surface area contributed by atoms with Gasteiger partial charge in [0.15, 0.2) is 23.6 Å². The molecule has 0 N–H and O–H groups in total. The standard InChI is InChI=1S/C35H44O11/c1-16-15-35(46-21(6)39)25(26(16)42-18(3)36)24-23(17(2)30(35)44-20(5)38)28-33(7,8)31(45-32(41)22-13-11-10-12-14-22)27(43-19(4)37)29(40)34(24,28)9/h10-14,16-17,23-28,30-31H,15H2,1-9H3/t16-,17+,23+,24+,25+,26+,27+,28+,30+,31-,34+,35-/m1/s1. The highest BCUT2D eigenvalue weighted by Crippen LogP contribution is 2.76. The van der Waals surface area contributed by atoms with Crippen molar-refractivity contribution in [2.24, 2.45) is 46.3 Å². The molecule has 0 saturated heterocycles. The van der Waals surface area contributed by atoms with E-state index in [2.05, 4.69) is 0 Å². The molecule has 0 unspecified atom stereocenters. The highest BCUT2D eigenvalue weighted by molar-refractivity contribution is 5.95. The van der Waals surface area contributed by atoms with Crippen LogP contribution in [-0.4, -0.2) is 65.6 Å². The van der Waals surface area contributed by atoms with Crippen LogP contribution < -0.4 is 0 Å². The summed E-state index contributed by atoms with van der Waals surface area (Å²) in [6.45, 7) is 14.5. The number of carbonyl (C=O) groups excluding carboxylic acids is 6. The van der Waals surface area contributed by atoms with Crippen molar-refractivity contribution in [2.75, 3.05) is 0 Å². The molecule has 4 fully saturated rings. The maximum Gasteiger partial charge on any atom is 0.338 e. The third-order valence-corrected chi connectivity index (χ3v) is 11.3. The largest absolute Gasteiger partial charge is 0.462 e. The number of esters is 5. The highest BCUT2D eigenvalue weighted by atomic mass is 16.6. The Morgan fingerprint density at radius 3 is 1.87 bits per heavy atom. The first-order valence-corrected chi connectivity index (χ1v) is 15.9. The van der Waals surface area contributed by atoms with E-state index in [0.29, 0.717) is 0 Å². The van der Waals surface area contributed by atoms with Gasteiger partial charge < -0.3 is 23.7 Å². The zero-order chi connectivity index (χ0) is 34.1. The monoisotopic (exact) mass is 640 g/mol. The van der Waals surface area contributed by atoms with Gasteiger partial charge in [0, 0.05) is 50.4 Å². The highest BCUT2D eigenvalue weighted by Gasteiger charge is 2.83. The molecule has 0 aromatic heterocycles. The molecular formula is C35H44O11. The number of Topliss-reactive ketones (excluding diaryl/α,β-unsaturated/α-hetero) is 1. The van der Waals surface area contributed by atoms with Crippen molar-refractivity contribution >= 4 is 35.6 Å². The fraction of sp³-hybridized carbons (Fsp3) is 0.657. The Labute approximate surface area is 269 Å². The van der Waals surface area contributed by atoms with Crippen molar-refractivity contribution in [1.29, 1.82) is 0 Å². The molecule has 11 nitrogen and oxygen atoms in total. The molecule has 1 aromatic carbocycles. The van der Waals surface area contributed by atoms with Gasteiger partial charge in [-0.1, -0.05) is 52.8 Å². The molecule has 4 saturated carbocycles. The van der Waals surface area contributed by atoms with E-state index in [-0.39, 0.29) is 23.8 Å². The lowest BCUT2D eigenvalue weighted by atomic mass is 9.29. The number of ketones is 1. The number of fused-ring (bicyclic) bond motifs is 6.